The number of rotatable bonds is 5. The van der Waals surface area contributed by atoms with E-state index in [2.05, 4.69) is 10.6 Å². The van der Waals surface area contributed by atoms with E-state index in [1.807, 2.05) is 0 Å². The van der Waals surface area contributed by atoms with Crippen molar-refractivity contribution >= 4 is 28.3 Å². The van der Waals surface area contributed by atoms with Crippen molar-refractivity contribution in [1.29, 1.82) is 0 Å². The number of phenols is 1. The van der Waals surface area contributed by atoms with E-state index in [9.17, 15) is 24.9 Å². The molecule has 0 saturated heterocycles. The molecule has 0 spiro atoms. The summed E-state index contributed by atoms with van der Waals surface area (Å²) >= 11 is 0. The van der Waals surface area contributed by atoms with Crippen molar-refractivity contribution in [3.05, 3.63) is 36.4 Å². The summed E-state index contributed by atoms with van der Waals surface area (Å²) in [6.07, 6.45) is 0.265. The summed E-state index contributed by atoms with van der Waals surface area (Å²) in [6.45, 7) is 0.709. The predicted molar refractivity (Wildman–Crippen MR) is 89.6 cm³/mol. The van der Waals surface area contributed by atoms with Crippen molar-refractivity contribution in [3.63, 3.8) is 0 Å². The molecule has 5 N–H and O–H groups in total. The van der Waals surface area contributed by atoms with Crippen LogP contribution in [-0.2, 0) is 9.59 Å². The Morgan fingerprint density at radius 1 is 1.00 bits per heavy atom. The minimum Gasteiger partial charge on any atom is -0.507 e. The van der Waals surface area contributed by atoms with Crippen LogP contribution in [0.2, 0.25) is 0 Å². The minimum absolute atomic E-state index is 0.0682. The summed E-state index contributed by atoms with van der Waals surface area (Å²) in [5, 5.41) is 34.5. The van der Waals surface area contributed by atoms with Gasteiger partial charge in [0.25, 0.3) is 0 Å². The van der Waals surface area contributed by atoms with Gasteiger partial charge in [-0.25, -0.2) is 0 Å². The number of fused-ring (bicyclic) bond motifs is 1. The Bertz CT molecular complexity index is 747. The van der Waals surface area contributed by atoms with E-state index in [0.29, 0.717) is 16.5 Å². The lowest BCUT2D eigenvalue weighted by Crippen LogP contribution is -2.56. The van der Waals surface area contributed by atoms with Crippen molar-refractivity contribution in [2.24, 2.45) is 0 Å². The lowest BCUT2D eigenvalue weighted by molar-refractivity contribution is -0.138. The van der Waals surface area contributed by atoms with Gasteiger partial charge in [0.05, 0.1) is 18.8 Å². The third kappa shape index (κ3) is 3.47. The maximum atomic E-state index is 12.1. The summed E-state index contributed by atoms with van der Waals surface area (Å²) in [6, 6.07) is 9.82. The molecule has 0 aliphatic rings. The van der Waals surface area contributed by atoms with Crippen LogP contribution >= 0.6 is 0 Å². The molecule has 0 fully saturated rings. The van der Waals surface area contributed by atoms with E-state index in [4.69, 9.17) is 0 Å². The number of hydrogen-bond donors (Lipinski definition) is 5. The second kappa shape index (κ2) is 7.29. The summed E-state index contributed by atoms with van der Waals surface area (Å²) < 4.78 is 0. The quantitative estimate of drug-likeness (QED) is 0.517. The van der Waals surface area contributed by atoms with Crippen molar-refractivity contribution in [3.8, 4) is 5.75 Å². The van der Waals surface area contributed by atoms with E-state index in [0.717, 1.165) is 0 Å². The maximum Gasteiger partial charge on any atom is 0.313 e. The van der Waals surface area contributed by atoms with Crippen LogP contribution in [0.5, 0.6) is 5.75 Å². The van der Waals surface area contributed by atoms with Crippen molar-refractivity contribution < 1.29 is 24.9 Å². The van der Waals surface area contributed by atoms with Gasteiger partial charge in [0.1, 0.15) is 5.75 Å². The van der Waals surface area contributed by atoms with Crippen LogP contribution in [0.25, 0.3) is 10.8 Å². The van der Waals surface area contributed by atoms with Crippen LogP contribution in [0.3, 0.4) is 0 Å². The molecule has 2 amide bonds. The summed E-state index contributed by atoms with van der Waals surface area (Å²) in [5.74, 6) is -1.82. The monoisotopic (exact) mass is 332 g/mol. The van der Waals surface area contributed by atoms with Crippen molar-refractivity contribution in [2.75, 3.05) is 18.5 Å². The number of hydrogen-bond acceptors (Lipinski definition) is 5. The molecular weight excluding hydrogens is 312 g/mol. The van der Waals surface area contributed by atoms with Crippen molar-refractivity contribution in [2.45, 2.75) is 18.9 Å². The van der Waals surface area contributed by atoms with Gasteiger partial charge in [-0.2, -0.15) is 0 Å². The van der Waals surface area contributed by atoms with Gasteiger partial charge in [-0.1, -0.05) is 31.2 Å². The van der Waals surface area contributed by atoms with E-state index < -0.39 is 30.6 Å². The predicted octanol–water partition coefficient (Wildman–Crippen LogP) is 0.734. The highest BCUT2D eigenvalue weighted by atomic mass is 16.3. The molecule has 7 heteroatoms. The number of phenolic OH excluding ortho intramolecular Hbond substituents is 1. The normalized spacial score (nSPS) is 11.3. The molecule has 0 radical (unpaired) electrons. The van der Waals surface area contributed by atoms with Gasteiger partial charge in [-0.3, -0.25) is 9.59 Å². The fourth-order valence-corrected chi connectivity index (χ4v) is 2.32. The van der Waals surface area contributed by atoms with Crippen LogP contribution < -0.4 is 10.6 Å². The third-order valence-corrected chi connectivity index (χ3v) is 4.01. The molecule has 0 aliphatic heterocycles. The molecule has 0 saturated carbocycles. The lowest BCUT2D eigenvalue weighted by atomic mass is 9.98. The minimum atomic E-state index is -1.24. The van der Waals surface area contributed by atoms with Gasteiger partial charge in [-0.05, 0) is 18.6 Å². The fraction of sp³-hybridized carbons (Fsp3) is 0.294. The first-order valence-electron chi connectivity index (χ1n) is 7.52. The summed E-state index contributed by atoms with van der Waals surface area (Å²) in [7, 11) is 0. The number of carbonyl (C=O) groups is 2. The van der Waals surface area contributed by atoms with Gasteiger partial charge in [0, 0.05) is 16.5 Å². The summed E-state index contributed by atoms with van der Waals surface area (Å²) in [4.78, 5) is 24.2. The Kier molecular flexibility index (Phi) is 5.38. The smallest absolute Gasteiger partial charge is 0.313 e. The molecule has 7 nitrogen and oxygen atoms in total. The van der Waals surface area contributed by atoms with E-state index in [-0.39, 0.29) is 12.2 Å². The Labute approximate surface area is 138 Å². The first-order valence-corrected chi connectivity index (χ1v) is 7.52. The first kappa shape index (κ1) is 17.7. The Balaban J connectivity index is 2.21. The number of carbonyl (C=O) groups excluding carboxylic acids is 2. The topological polar surface area (TPSA) is 119 Å². The Morgan fingerprint density at radius 3 is 2.25 bits per heavy atom. The van der Waals surface area contributed by atoms with Crippen LogP contribution in [0.1, 0.15) is 13.3 Å². The highest BCUT2D eigenvalue weighted by Crippen LogP contribution is 2.29. The van der Waals surface area contributed by atoms with Gasteiger partial charge in [-0.15, -0.1) is 0 Å². The van der Waals surface area contributed by atoms with Gasteiger partial charge in [0.2, 0.25) is 0 Å². The SMILES string of the molecule is CCC(CO)(CO)NC(=O)C(=O)Nc1cccc2c(O)cccc12. The second-order valence-electron chi connectivity index (χ2n) is 5.54. The van der Waals surface area contributed by atoms with Crippen LogP contribution in [0.4, 0.5) is 5.69 Å². The fourth-order valence-electron chi connectivity index (χ4n) is 2.32. The lowest BCUT2D eigenvalue weighted by Gasteiger charge is -2.29. The maximum absolute atomic E-state index is 12.1. The first-order chi connectivity index (χ1) is 11.5. The van der Waals surface area contributed by atoms with Gasteiger partial charge < -0.3 is 26.0 Å². The standard InChI is InChI=1S/C17H20N2O5/c1-2-17(9-20,10-21)19-16(24)15(23)18-13-7-3-6-12-11(13)5-4-8-14(12)22/h3-8,20-22H,2,9-10H2,1H3,(H,18,23)(H,19,24). The third-order valence-electron chi connectivity index (χ3n) is 4.01. The summed E-state index contributed by atoms with van der Waals surface area (Å²) in [5.41, 5.74) is -0.871. The number of aliphatic hydroxyl groups excluding tert-OH is 2. The number of aromatic hydroxyl groups is 1. The average molecular weight is 332 g/mol. The van der Waals surface area contributed by atoms with Crippen LogP contribution in [0, 0.1) is 0 Å². The zero-order chi connectivity index (χ0) is 17.7. The number of amides is 2. The number of anilines is 1. The molecule has 0 atom stereocenters. The molecule has 2 rings (SSSR count). The molecular formula is C17H20N2O5. The van der Waals surface area contributed by atoms with E-state index in [1.165, 1.54) is 6.07 Å². The van der Waals surface area contributed by atoms with E-state index in [1.54, 1.807) is 37.3 Å². The van der Waals surface area contributed by atoms with Crippen LogP contribution in [-0.4, -0.2) is 45.9 Å². The number of benzene rings is 2. The highest BCUT2D eigenvalue weighted by Gasteiger charge is 2.31. The molecule has 2 aromatic carbocycles. The molecule has 2 aromatic rings. The molecule has 0 aliphatic carbocycles. The Hall–Kier alpha value is -2.64. The molecule has 24 heavy (non-hydrogen) atoms. The van der Waals surface area contributed by atoms with Gasteiger partial charge in [0.15, 0.2) is 0 Å². The Morgan fingerprint density at radius 2 is 1.62 bits per heavy atom. The van der Waals surface area contributed by atoms with Crippen molar-refractivity contribution in [1.82, 2.24) is 5.32 Å². The molecule has 0 aromatic heterocycles. The molecule has 0 bridgehead atoms. The van der Waals surface area contributed by atoms with E-state index >= 15 is 0 Å². The number of aliphatic hydroxyl groups is 2. The van der Waals surface area contributed by atoms with Gasteiger partial charge >= 0.3 is 11.8 Å². The largest absolute Gasteiger partial charge is 0.507 e. The average Bonchev–Trinajstić information content (AvgIpc) is 2.60. The highest BCUT2D eigenvalue weighted by molar-refractivity contribution is 6.40. The molecule has 0 heterocycles. The zero-order valence-electron chi connectivity index (χ0n) is 13.2. The number of nitrogens with one attached hydrogen (secondary N) is 2. The zero-order valence-corrected chi connectivity index (χ0v) is 13.2. The molecule has 128 valence electrons. The second-order valence-corrected chi connectivity index (χ2v) is 5.54. The van der Waals surface area contributed by atoms with Crippen LogP contribution in [0.15, 0.2) is 36.4 Å². The molecule has 0 unspecified atom stereocenters.